The minimum atomic E-state index is -0.970. The largest absolute Gasteiger partial charge is 0.508 e. The zero-order valence-electron chi connectivity index (χ0n) is 26.3. The molecule has 1 aromatic heterocycles. The predicted molar refractivity (Wildman–Crippen MR) is 171 cm³/mol. The molecule has 1 saturated carbocycles. The number of phenols is 1. The number of anilines is 1. The maximum Gasteiger partial charge on any atom is 0.319 e. The minimum Gasteiger partial charge on any atom is -0.508 e. The van der Waals surface area contributed by atoms with Crippen LogP contribution in [0.5, 0.6) is 11.8 Å². The summed E-state index contributed by atoms with van der Waals surface area (Å²) in [7, 11) is 0. The standard InChI is InChI=1S/C36H38F4N4O3/c1-2-24-27(38)6-5-20-11-22(45)12-25(29(20)24)30-28(39)13-26-32(31(30)40)41-34(47-19-36-8-4-10-44(36)17-21(37)14-36)42-33(26)43-9-3-7-35(18-43)15-23(46)16-35/h5-6,11-13,21,23,45-46H,2-4,7-10,14-19H2,1H3/t21-,23-,35+,36+/m1/s1. The Balaban J connectivity index is 1.29. The lowest BCUT2D eigenvalue weighted by molar-refractivity contribution is -0.0396. The zero-order chi connectivity index (χ0) is 32.7. The Bertz CT molecular complexity index is 1890. The number of aryl methyl sites for hydroxylation is 1. The lowest BCUT2D eigenvalue weighted by Gasteiger charge is -2.51. The number of hydrogen-bond donors (Lipinski definition) is 2. The fourth-order valence-corrected chi connectivity index (χ4v) is 9.06. The SMILES string of the molecule is CCc1c(F)ccc2cc(O)cc(-c3c(F)cc4c(N5CCC[C@]6(C5)C[C@@H](O)C6)nc(OC[C@@]56CCCN5C[C@H](F)C6)nc4c3F)c12. The van der Waals surface area contributed by atoms with E-state index in [1.165, 1.54) is 30.3 Å². The van der Waals surface area contributed by atoms with E-state index >= 15 is 8.78 Å². The predicted octanol–water partition coefficient (Wildman–Crippen LogP) is 6.83. The van der Waals surface area contributed by atoms with Crippen LogP contribution in [0.1, 0.15) is 57.4 Å². The Labute approximate surface area is 270 Å². The number of fused-ring (bicyclic) bond motifs is 3. The number of benzene rings is 3. The first kappa shape index (κ1) is 30.6. The average Bonchev–Trinajstić information content (AvgIpc) is 3.55. The zero-order valence-corrected chi connectivity index (χ0v) is 26.3. The van der Waals surface area contributed by atoms with Gasteiger partial charge in [-0.1, -0.05) is 13.0 Å². The fraction of sp³-hybridized carbons (Fsp3) is 0.500. The lowest BCUT2D eigenvalue weighted by Crippen LogP contribution is -2.52. The molecule has 11 heteroatoms. The first-order valence-electron chi connectivity index (χ1n) is 16.7. The summed E-state index contributed by atoms with van der Waals surface area (Å²) < 4.78 is 69.0. The highest BCUT2D eigenvalue weighted by Crippen LogP contribution is 2.49. The van der Waals surface area contributed by atoms with Crippen molar-refractivity contribution in [1.82, 2.24) is 14.9 Å². The molecule has 0 amide bonds. The molecule has 3 aromatic carbocycles. The summed E-state index contributed by atoms with van der Waals surface area (Å²) in [6.45, 7) is 4.21. The Hall–Kier alpha value is -3.70. The lowest BCUT2D eigenvalue weighted by atomic mass is 9.62. The number of phenolic OH excluding ortho intramolecular Hbond substituents is 1. The maximum atomic E-state index is 17.0. The molecule has 4 heterocycles. The summed E-state index contributed by atoms with van der Waals surface area (Å²) >= 11 is 0. The van der Waals surface area contributed by atoms with E-state index in [0.29, 0.717) is 55.5 Å². The quantitative estimate of drug-likeness (QED) is 0.222. The van der Waals surface area contributed by atoms with Crippen molar-refractivity contribution in [1.29, 1.82) is 0 Å². The van der Waals surface area contributed by atoms with Crippen LogP contribution in [0, 0.1) is 22.9 Å². The molecular formula is C36H38F4N4O3. The molecule has 2 atom stereocenters. The third-order valence-corrected chi connectivity index (χ3v) is 11.1. The van der Waals surface area contributed by atoms with Crippen molar-refractivity contribution in [3.63, 3.8) is 0 Å². The van der Waals surface area contributed by atoms with Gasteiger partial charge in [-0.25, -0.2) is 17.6 Å². The van der Waals surface area contributed by atoms with E-state index in [2.05, 4.69) is 9.88 Å². The third kappa shape index (κ3) is 4.99. The summed E-state index contributed by atoms with van der Waals surface area (Å²) in [6.07, 6.45) is 4.10. The van der Waals surface area contributed by atoms with Gasteiger partial charge in [0.15, 0.2) is 5.82 Å². The molecule has 7 nitrogen and oxygen atoms in total. The molecule has 2 N–H and O–H groups in total. The molecule has 3 saturated heterocycles. The van der Waals surface area contributed by atoms with Crippen LogP contribution in [0.4, 0.5) is 23.4 Å². The van der Waals surface area contributed by atoms with Gasteiger partial charge in [0.2, 0.25) is 0 Å². The number of piperidine rings is 1. The van der Waals surface area contributed by atoms with Crippen molar-refractivity contribution in [2.75, 3.05) is 37.7 Å². The number of aromatic hydroxyl groups is 1. The first-order chi connectivity index (χ1) is 22.6. The molecule has 4 fully saturated rings. The number of aliphatic hydroxyl groups excluding tert-OH is 1. The van der Waals surface area contributed by atoms with Gasteiger partial charge in [-0.2, -0.15) is 9.97 Å². The summed E-state index contributed by atoms with van der Waals surface area (Å²) in [4.78, 5) is 13.4. The van der Waals surface area contributed by atoms with Gasteiger partial charge >= 0.3 is 6.01 Å². The molecule has 248 valence electrons. The minimum absolute atomic E-state index is 0.0247. The number of alkyl halides is 1. The van der Waals surface area contributed by atoms with Crippen LogP contribution in [-0.2, 0) is 6.42 Å². The van der Waals surface area contributed by atoms with Gasteiger partial charge in [0.05, 0.1) is 17.2 Å². The number of aromatic nitrogens is 2. The average molecular weight is 651 g/mol. The van der Waals surface area contributed by atoms with Gasteiger partial charge in [-0.3, -0.25) is 4.90 Å². The van der Waals surface area contributed by atoms with E-state index in [1.807, 2.05) is 4.90 Å². The van der Waals surface area contributed by atoms with E-state index in [4.69, 9.17) is 9.72 Å². The van der Waals surface area contributed by atoms with Gasteiger partial charge in [-0.15, -0.1) is 0 Å². The molecular weight excluding hydrogens is 612 g/mol. The second-order valence-electron chi connectivity index (χ2n) is 14.2. The number of hydrogen-bond acceptors (Lipinski definition) is 7. The van der Waals surface area contributed by atoms with Crippen molar-refractivity contribution in [3.05, 3.63) is 53.3 Å². The van der Waals surface area contributed by atoms with Crippen LogP contribution in [0.15, 0.2) is 30.3 Å². The van der Waals surface area contributed by atoms with Crippen molar-refractivity contribution in [2.24, 2.45) is 5.41 Å². The summed E-state index contributed by atoms with van der Waals surface area (Å²) in [5.74, 6) is -2.24. The summed E-state index contributed by atoms with van der Waals surface area (Å²) in [6, 6.07) is 6.60. The fourth-order valence-electron chi connectivity index (χ4n) is 9.06. The van der Waals surface area contributed by atoms with Crippen LogP contribution >= 0.6 is 0 Å². The third-order valence-electron chi connectivity index (χ3n) is 11.1. The van der Waals surface area contributed by atoms with E-state index in [0.717, 1.165) is 32.2 Å². The number of ether oxygens (including phenoxy) is 1. The Morgan fingerprint density at radius 2 is 1.81 bits per heavy atom. The van der Waals surface area contributed by atoms with E-state index in [1.54, 1.807) is 6.92 Å². The van der Waals surface area contributed by atoms with E-state index < -0.39 is 34.7 Å². The topological polar surface area (TPSA) is 82.0 Å². The van der Waals surface area contributed by atoms with Gasteiger partial charge in [-0.05, 0) is 103 Å². The van der Waals surface area contributed by atoms with Crippen molar-refractivity contribution >= 4 is 27.5 Å². The Morgan fingerprint density at radius 1 is 1.00 bits per heavy atom. The Kier molecular flexibility index (Phi) is 7.29. The van der Waals surface area contributed by atoms with Gasteiger partial charge < -0.3 is 19.8 Å². The number of rotatable bonds is 6. The van der Waals surface area contributed by atoms with Crippen LogP contribution in [0.25, 0.3) is 32.8 Å². The van der Waals surface area contributed by atoms with Gasteiger partial charge in [0.25, 0.3) is 0 Å². The number of aliphatic hydroxyl groups is 1. The molecule has 4 aromatic rings. The highest BCUT2D eigenvalue weighted by atomic mass is 19.1. The molecule has 1 aliphatic carbocycles. The van der Waals surface area contributed by atoms with Gasteiger partial charge in [0.1, 0.15) is 41.5 Å². The molecule has 0 radical (unpaired) electrons. The summed E-state index contributed by atoms with van der Waals surface area (Å²) in [5.41, 5.74) is -0.857. The van der Waals surface area contributed by atoms with Crippen molar-refractivity contribution in [2.45, 2.75) is 76.1 Å². The molecule has 47 heavy (non-hydrogen) atoms. The maximum absolute atomic E-state index is 17.0. The molecule has 4 aliphatic rings. The first-order valence-corrected chi connectivity index (χ1v) is 16.7. The second-order valence-corrected chi connectivity index (χ2v) is 14.2. The van der Waals surface area contributed by atoms with Gasteiger partial charge in [0, 0.05) is 31.4 Å². The van der Waals surface area contributed by atoms with Crippen LogP contribution < -0.4 is 9.64 Å². The van der Waals surface area contributed by atoms with Crippen LogP contribution in [0.3, 0.4) is 0 Å². The smallest absolute Gasteiger partial charge is 0.319 e. The highest BCUT2D eigenvalue weighted by molar-refractivity contribution is 6.03. The van der Waals surface area contributed by atoms with Crippen molar-refractivity contribution < 1.29 is 32.5 Å². The highest BCUT2D eigenvalue weighted by Gasteiger charge is 2.50. The molecule has 8 rings (SSSR count). The van der Waals surface area contributed by atoms with Crippen molar-refractivity contribution in [3.8, 4) is 22.9 Å². The molecule has 1 spiro atoms. The number of halogens is 4. The molecule has 0 bridgehead atoms. The summed E-state index contributed by atoms with van der Waals surface area (Å²) in [5, 5.41) is 21.7. The normalized spacial score (nSPS) is 27.6. The molecule has 0 unspecified atom stereocenters. The second kappa shape index (κ2) is 11.2. The van der Waals surface area contributed by atoms with E-state index in [9.17, 15) is 19.0 Å². The monoisotopic (exact) mass is 650 g/mol. The Morgan fingerprint density at radius 3 is 2.60 bits per heavy atom. The molecule has 3 aliphatic heterocycles. The number of nitrogens with zero attached hydrogens (tertiary/aromatic N) is 4. The van der Waals surface area contributed by atoms with Crippen LogP contribution in [-0.4, -0.2) is 75.7 Å². The van der Waals surface area contributed by atoms with E-state index in [-0.39, 0.29) is 58.3 Å². The van der Waals surface area contributed by atoms with Crippen LogP contribution in [0.2, 0.25) is 0 Å².